The number of aliphatic hydroxyl groups excluding tert-OH is 2. The van der Waals surface area contributed by atoms with Crippen molar-refractivity contribution in [2.75, 3.05) is 13.7 Å². The third-order valence-electron chi connectivity index (χ3n) is 10.9. The molecule has 1 aromatic rings. The molecule has 4 aliphatic rings. The number of nitro groups is 2. The summed E-state index contributed by atoms with van der Waals surface area (Å²) < 4.78 is 23.0. The number of amides is 1. The molecule has 0 spiro atoms. The molecular weight excluding hydrogens is 766 g/mol. The topological polar surface area (TPSA) is 281 Å². The highest BCUT2D eigenvalue weighted by molar-refractivity contribution is 6.33. The Morgan fingerprint density at radius 2 is 1.60 bits per heavy atom. The molecule has 0 radical (unpaired) electrons. The molecule has 19 heteroatoms. The minimum atomic E-state index is -2.51. The largest absolute Gasteiger partial charge is 0.507 e. The van der Waals surface area contributed by atoms with Gasteiger partial charge < -0.3 is 39.6 Å². The minimum absolute atomic E-state index is 0.135. The van der Waals surface area contributed by atoms with Crippen molar-refractivity contribution in [1.29, 1.82) is 0 Å². The van der Waals surface area contributed by atoms with Gasteiger partial charge in [-0.15, -0.1) is 0 Å². The number of allylic oxidation sites excluding steroid dienone is 3. The Hall–Kier alpha value is -5.79. The highest BCUT2D eigenvalue weighted by Crippen LogP contribution is 2.49. The number of hydrogen-bond acceptors (Lipinski definition) is 16. The summed E-state index contributed by atoms with van der Waals surface area (Å²) in [5, 5.41) is 60.1. The van der Waals surface area contributed by atoms with Crippen LogP contribution in [-0.4, -0.2) is 104 Å². The Morgan fingerprint density at radius 3 is 2.17 bits per heavy atom. The molecule has 1 aromatic carbocycles. The molecule has 4 N–H and O–H groups in total. The number of nitrogens with zero attached hydrogens (tertiary/aromatic N) is 2. The summed E-state index contributed by atoms with van der Waals surface area (Å²) in [5.41, 5.74) is -4.76. The number of carbonyl (C=O) groups is 5. The quantitative estimate of drug-likeness (QED) is 0.182. The SMILES string of the molecule is CO[C@H]1/C=C/O[C@@]2(C)Oc3c(C)c(O)c4c(c3C2=O)C(=O)C(C(C[N+](=O)[O-])[N+](=O)[O-])=C(NC(=O)/C(C)=C\C=C\[C@H](C)[C@H](O)[C@@H](C)[C@@H](O)[C@@H](C)[C@H](OC(C)=O)[C@@H]1C)C4=O. The summed E-state index contributed by atoms with van der Waals surface area (Å²) in [5.74, 6) is -12.1. The maximum atomic E-state index is 14.4. The number of methoxy groups -OCH3 is 1. The summed E-state index contributed by atoms with van der Waals surface area (Å²) in [4.78, 5) is 90.3. The van der Waals surface area contributed by atoms with Crippen LogP contribution in [0.25, 0.3) is 0 Å². The summed E-state index contributed by atoms with van der Waals surface area (Å²) >= 11 is 0. The van der Waals surface area contributed by atoms with E-state index in [4.69, 9.17) is 18.9 Å². The predicted molar refractivity (Wildman–Crippen MR) is 201 cm³/mol. The van der Waals surface area contributed by atoms with Gasteiger partial charge >= 0.3 is 17.8 Å². The predicted octanol–water partition coefficient (Wildman–Crippen LogP) is 2.92. The minimum Gasteiger partial charge on any atom is -0.507 e. The first-order valence-corrected chi connectivity index (χ1v) is 18.3. The van der Waals surface area contributed by atoms with Gasteiger partial charge in [0.1, 0.15) is 28.9 Å². The highest BCUT2D eigenvalue weighted by Gasteiger charge is 2.55. The van der Waals surface area contributed by atoms with E-state index in [2.05, 4.69) is 5.32 Å². The second-order valence-corrected chi connectivity index (χ2v) is 14.9. The van der Waals surface area contributed by atoms with Crippen LogP contribution in [-0.2, 0) is 23.8 Å². The zero-order valence-electron chi connectivity index (χ0n) is 33.3. The van der Waals surface area contributed by atoms with Gasteiger partial charge in [-0.1, -0.05) is 45.9 Å². The molecule has 1 amide bonds. The standard InChI is InChI=1S/C39H47N3O16/c1-16-11-10-12-17(2)38(50)40-29-25(23(42(53)54)15-41(51)52)33(47)26-27(34(29)48)32(46)21(6)36-28(26)37(49)39(8,58-36)56-14-13-24(55-9)18(3)35(57-22(7)43)20(5)31(45)19(4)30(16)44/h10-14,16,18-20,23-24,30-31,35,44-46H,15H2,1-9H3,(H,40,50)/b11-10+,14-13+,17-12-/t16-,18+,19+,20+,23?,24-,30-,31+,35+,39-/m0/s1. The van der Waals surface area contributed by atoms with E-state index >= 15 is 0 Å². The smallest absolute Gasteiger partial charge is 0.312 e. The summed E-state index contributed by atoms with van der Waals surface area (Å²) in [6.07, 6.45) is 2.23. The van der Waals surface area contributed by atoms with E-state index in [0.29, 0.717) is 0 Å². The van der Waals surface area contributed by atoms with Crippen molar-refractivity contribution in [1.82, 2.24) is 5.32 Å². The molecule has 5 bridgehead atoms. The van der Waals surface area contributed by atoms with Crippen molar-refractivity contribution in [2.45, 2.75) is 91.6 Å². The molecule has 0 saturated carbocycles. The average molecular weight is 814 g/mol. The number of ketones is 3. The lowest BCUT2D eigenvalue weighted by molar-refractivity contribution is -0.579. The number of nitrogens with one attached hydrogen (secondary N) is 1. The van der Waals surface area contributed by atoms with E-state index in [1.165, 1.54) is 52.2 Å². The van der Waals surface area contributed by atoms with Gasteiger partial charge in [-0.05, 0) is 19.9 Å². The van der Waals surface area contributed by atoms with Crippen molar-refractivity contribution in [3.63, 3.8) is 0 Å². The first kappa shape index (κ1) is 44.9. The number of aromatic hydroxyl groups is 1. The molecule has 0 saturated heterocycles. The summed E-state index contributed by atoms with van der Waals surface area (Å²) in [6.45, 7) is 9.92. The van der Waals surface area contributed by atoms with E-state index in [0.717, 1.165) is 13.2 Å². The maximum absolute atomic E-state index is 14.4. The van der Waals surface area contributed by atoms with Crippen LogP contribution in [0, 0.1) is 50.8 Å². The second kappa shape index (κ2) is 17.4. The van der Waals surface area contributed by atoms with E-state index < -0.39 is 145 Å². The normalized spacial score (nSPS) is 31.9. The zero-order valence-corrected chi connectivity index (χ0v) is 33.3. The van der Waals surface area contributed by atoms with Crippen LogP contribution in [0.1, 0.15) is 85.1 Å². The average Bonchev–Trinajstić information content (AvgIpc) is 3.42. The Morgan fingerprint density at radius 1 is 0.966 bits per heavy atom. The number of carbonyl (C=O) groups excluding carboxylic acids is 5. The molecular formula is C39H47N3O16. The number of aliphatic hydroxyl groups is 2. The molecule has 0 fully saturated rings. The van der Waals surface area contributed by atoms with E-state index in [1.807, 2.05) is 0 Å². The molecule has 19 nitrogen and oxygen atoms in total. The van der Waals surface area contributed by atoms with Crippen molar-refractivity contribution in [2.24, 2.45) is 23.7 Å². The molecule has 10 atom stereocenters. The molecule has 1 unspecified atom stereocenters. The van der Waals surface area contributed by atoms with Gasteiger partial charge in [-0.2, -0.15) is 0 Å². The Balaban J connectivity index is 1.98. The van der Waals surface area contributed by atoms with Gasteiger partial charge in [0, 0.05) is 65.6 Å². The molecule has 3 heterocycles. The van der Waals surface area contributed by atoms with Gasteiger partial charge in [0.05, 0.1) is 41.3 Å². The van der Waals surface area contributed by atoms with Crippen molar-refractivity contribution < 1.29 is 68.1 Å². The highest BCUT2D eigenvalue weighted by atomic mass is 16.7. The van der Waals surface area contributed by atoms with E-state index in [9.17, 15) is 59.5 Å². The third kappa shape index (κ3) is 8.41. The Kier molecular flexibility index (Phi) is 13.5. The maximum Gasteiger partial charge on any atom is 0.312 e. The number of phenols is 1. The van der Waals surface area contributed by atoms with E-state index in [1.54, 1.807) is 27.7 Å². The molecule has 1 aliphatic carbocycles. The number of Topliss-reactive ketones (excluding diaryl/α,β-unsaturated/α-hetero) is 3. The fraction of sp³-hybridized carbons (Fsp3) is 0.513. The third-order valence-corrected chi connectivity index (χ3v) is 10.9. The van der Waals surface area contributed by atoms with Gasteiger partial charge in [-0.3, -0.25) is 44.2 Å². The van der Waals surface area contributed by atoms with Crippen LogP contribution in [0.2, 0.25) is 0 Å². The fourth-order valence-corrected chi connectivity index (χ4v) is 7.44. The van der Waals surface area contributed by atoms with Crippen LogP contribution < -0.4 is 10.1 Å². The first-order valence-electron chi connectivity index (χ1n) is 18.3. The van der Waals surface area contributed by atoms with Crippen molar-refractivity contribution in [3.8, 4) is 11.5 Å². The second-order valence-electron chi connectivity index (χ2n) is 14.9. The number of esters is 1. The number of phenolic OH excluding ortho intramolecular Hbond substituents is 1. The lowest BCUT2D eigenvalue weighted by atomic mass is 9.78. The van der Waals surface area contributed by atoms with Gasteiger partial charge in [0.2, 0.25) is 5.78 Å². The molecule has 3 aliphatic heterocycles. The number of ether oxygens (including phenoxy) is 4. The van der Waals surface area contributed by atoms with Crippen LogP contribution >= 0.6 is 0 Å². The zero-order chi connectivity index (χ0) is 43.7. The number of fused-ring (bicyclic) bond motifs is 14. The number of hydrogen-bond donors (Lipinski definition) is 4. The number of benzene rings is 1. The summed E-state index contributed by atoms with van der Waals surface area (Å²) in [7, 11) is 1.34. The van der Waals surface area contributed by atoms with Crippen LogP contribution in [0.3, 0.4) is 0 Å². The van der Waals surface area contributed by atoms with Gasteiger partial charge in [-0.25, -0.2) is 0 Å². The van der Waals surface area contributed by atoms with Crippen molar-refractivity contribution in [3.05, 3.63) is 89.9 Å². The van der Waals surface area contributed by atoms with Crippen molar-refractivity contribution >= 4 is 29.2 Å². The summed E-state index contributed by atoms with van der Waals surface area (Å²) in [6, 6.07) is -2.51. The van der Waals surface area contributed by atoms with Crippen LogP contribution in [0.15, 0.2) is 47.4 Å². The molecule has 314 valence electrons. The van der Waals surface area contributed by atoms with E-state index in [-0.39, 0.29) is 11.1 Å². The molecule has 5 rings (SSSR count). The number of rotatable bonds is 6. The van der Waals surface area contributed by atoms with Crippen LogP contribution in [0.5, 0.6) is 11.5 Å². The molecule has 58 heavy (non-hydrogen) atoms. The van der Waals surface area contributed by atoms with Crippen LogP contribution in [0.4, 0.5) is 0 Å². The monoisotopic (exact) mass is 813 g/mol. The Labute approximate surface area is 332 Å². The fourth-order valence-electron chi connectivity index (χ4n) is 7.44. The van der Waals surface area contributed by atoms with Gasteiger partial charge in [0.15, 0.2) is 5.78 Å². The molecule has 0 aromatic heterocycles. The lowest BCUT2D eigenvalue weighted by Gasteiger charge is -2.38. The van der Waals surface area contributed by atoms with Gasteiger partial charge in [0.25, 0.3) is 18.2 Å². The lowest BCUT2D eigenvalue weighted by Crippen LogP contribution is -2.46. The first-order chi connectivity index (χ1) is 27.0. The Bertz CT molecular complexity index is 2050.